The monoisotopic (exact) mass is 954 g/mol. The maximum absolute atomic E-state index is 9.54. The quantitative estimate of drug-likeness (QED) is 0.0550. The smallest absolute Gasteiger partial charge is 0.124 e. The van der Waals surface area contributed by atoms with Crippen molar-refractivity contribution in [3.05, 3.63) is 158 Å². The number of aromatic hydroxyl groups is 4. The Bertz CT molecular complexity index is 1440. The SMILES string of the molecule is Oc1ccccc1C=NCCN=Cc1ccccc1O.Oc1ccccc1C=NCCN=Cc1ccccc1O.[C-]#N.[C-]#N.[C-]#N.[C-]#N.[Fe].[Fe].[Fe].[Fe].[NH2-].[NH2-].[Ni]. The van der Waals surface area contributed by atoms with E-state index >= 15 is 0 Å². The van der Waals surface area contributed by atoms with Gasteiger partial charge < -0.3 is 80.1 Å². The van der Waals surface area contributed by atoms with Gasteiger partial charge in [-0.3, -0.25) is 20.0 Å². The molecule has 19 heteroatoms. The number of rotatable bonds is 10. The van der Waals surface area contributed by atoms with Gasteiger partial charge in [-0.15, -0.1) is 0 Å². The number of para-hydroxylation sites is 4. The van der Waals surface area contributed by atoms with E-state index in [2.05, 4.69) is 20.0 Å². The first-order chi connectivity index (χ1) is 23.5. The second-order valence-corrected chi connectivity index (χ2v) is 8.38. The number of phenols is 4. The predicted molar refractivity (Wildman–Crippen MR) is 193 cm³/mol. The molecule has 0 radical (unpaired) electrons. The fourth-order valence-corrected chi connectivity index (χ4v) is 3.27. The molecule has 0 unspecified atom stereocenters. The summed E-state index contributed by atoms with van der Waals surface area (Å²) in [6, 6.07) is 28.1. The molecule has 14 nitrogen and oxygen atoms in total. The van der Waals surface area contributed by atoms with Crippen molar-refractivity contribution in [1.82, 2.24) is 0 Å². The molecule has 0 aliphatic heterocycles. The van der Waals surface area contributed by atoms with Crippen molar-refractivity contribution in [3.63, 3.8) is 0 Å². The van der Waals surface area contributed by atoms with Gasteiger partial charge in [0.25, 0.3) is 0 Å². The summed E-state index contributed by atoms with van der Waals surface area (Å²) < 4.78 is 0. The van der Waals surface area contributed by atoms with E-state index in [-0.39, 0.29) is 120 Å². The van der Waals surface area contributed by atoms with Crippen molar-refractivity contribution < 1.29 is 105 Å². The van der Waals surface area contributed by atoms with E-state index in [1.54, 1.807) is 97.7 Å². The summed E-state index contributed by atoms with van der Waals surface area (Å²) in [4.78, 5) is 16.8. The van der Waals surface area contributed by atoms with Crippen molar-refractivity contribution in [1.29, 1.82) is 21.0 Å². The van der Waals surface area contributed by atoms with Gasteiger partial charge in [0, 0.05) is 132 Å². The fraction of sp³-hybridized carbons (Fsp3) is 0.111. The Morgan fingerprint density at radius 3 is 0.655 bits per heavy atom. The van der Waals surface area contributed by atoms with Gasteiger partial charge in [-0.05, 0) is 48.5 Å². The molecular formula is C36H36Fe4N10NiO4-6. The summed E-state index contributed by atoms with van der Waals surface area (Å²) in [5.41, 5.74) is 2.77. The van der Waals surface area contributed by atoms with Crippen LogP contribution >= 0.6 is 0 Å². The molecule has 4 rings (SSSR count). The molecule has 4 aromatic rings. The topological polar surface area (TPSA) is 293 Å². The van der Waals surface area contributed by atoms with Gasteiger partial charge in [0.2, 0.25) is 0 Å². The van der Waals surface area contributed by atoms with Crippen LogP contribution in [0.1, 0.15) is 22.3 Å². The fourth-order valence-electron chi connectivity index (χ4n) is 3.27. The second kappa shape index (κ2) is 51.3. The minimum atomic E-state index is 0. The largest absolute Gasteiger partial charge is 0.693 e. The van der Waals surface area contributed by atoms with Gasteiger partial charge >= 0.3 is 0 Å². The first-order valence-corrected chi connectivity index (χ1v) is 13.6. The van der Waals surface area contributed by atoms with E-state index in [1.807, 2.05) is 24.3 Å². The summed E-state index contributed by atoms with van der Waals surface area (Å²) in [6.45, 7) is 21.1. The molecule has 302 valence electrons. The second-order valence-electron chi connectivity index (χ2n) is 8.38. The minimum Gasteiger partial charge on any atom is -0.693 e. The molecule has 4 aromatic carbocycles. The number of aliphatic imine (C=N–C) groups is 4. The third-order valence-electron chi connectivity index (χ3n) is 5.38. The Kier molecular flexibility index (Phi) is 66.8. The van der Waals surface area contributed by atoms with Crippen molar-refractivity contribution >= 4 is 24.9 Å². The van der Waals surface area contributed by atoms with Crippen LogP contribution in [-0.2, 0) is 84.8 Å². The Morgan fingerprint density at radius 2 is 0.509 bits per heavy atom. The van der Waals surface area contributed by atoms with E-state index < -0.39 is 0 Å². The summed E-state index contributed by atoms with van der Waals surface area (Å²) in [5, 5.41) is 63.2. The van der Waals surface area contributed by atoms with Crippen molar-refractivity contribution in [3.8, 4) is 23.0 Å². The number of hydrogen-bond acceptors (Lipinski definition) is 12. The van der Waals surface area contributed by atoms with E-state index in [9.17, 15) is 20.4 Å². The van der Waals surface area contributed by atoms with Crippen LogP contribution in [0.25, 0.3) is 12.3 Å². The van der Waals surface area contributed by atoms with E-state index in [0.717, 1.165) is 0 Å². The predicted octanol–water partition coefficient (Wildman–Crippen LogP) is 7.08. The molecule has 0 spiro atoms. The van der Waals surface area contributed by atoms with Crippen molar-refractivity contribution in [2.24, 2.45) is 20.0 Å². The molecule has 0 saturated heterocycles. The summed E-state index contributed by atoms with van der Waals surface area (Å²) in [6.07, 6.45) is 6.52. The van der Waals surface area contributed by atoms with E-state index in [1.165, 1.54) is 0 Å². The number of benzene rings is 4. The molecule has 0 fully saturated rings. The van der Waals surface area contributed by atoms with Gasteiger partial charge in [0.05, 0.1) is 26.2 Å². The van der Waals surface area contributed by atoms with Crippen molar-refractivity contribution in [2.75, 3.05) is 26.2 Å². The molecule has 0 aliphatic carbocycles. The van der Waals surface area contributed by atoms with Crippen LogP contribution in [0.2, 0.25) is 0 Å². The first kappa shape index (κ1) is 71.6. The Balaban J connectivity index is -0.0000000838. The molecule has 0 aromatic heterocycles. The van der Waals surface area contributed by atoms with Crippen LogP contribution in [0, 0.1) is 47.3 Å². The molecule has 0 amide bonds. The van der Waals surface area contributed by atoms with Crippen molar-refractivity contribution in [2.45, 2.75) is 0 Å². The maximum Gasteiger partial charge on any atom is 0.124 e. The molecule has 0 aliphatic rings. The average molecular weight is 955 g/mol. The standard InChI is InChI=1S/2C16H16N2O2.4CN.4Fe.2H2N.Ni/c2*19-15-7-3-1-5-13(15)11-17-9-10-18-12-14-6-2-4-8-16(14)20;4*1-2;;;;;;;/h2*1-8,11-12,19-20H,9-10H2;;;;;;;;;2*1H2;/q;;4*-1;;;;;2*-1;. The molecule has 0 saturated carbocycles. The summed E-state index contributed by atoms with van der Waals surface area (Å²) >= 11 is 0. The normalized spacial score (nSPS) is 8.44. The molecule has 0 atom stereocenters. The van der Waals surface area contributed by atoms with Crippen LogP contribution in [0.15, 0.2) is 117 Å². The van der Waals surface area contributed by atoms with Gasteiger partial charge in [-0.2, -0.15) is 0 Å². The van der Waals surface area contributed by atoms with Crippen LogP contribution in [0.5, 0.6) is 23.0 Å². The molecule has 8 N–H and O–H groups in total. The van der Waals surface area contributed by atoms with E-state index in [4.69, 9.17) is 47.3 Å². The average Bonchev–Trinajstić information content (AvgIpc) is 3.14. The molecular weight excluding hydrogens is 919 g/mol. The number of hydrogen-bond donors (Lipinski definition) is 4. The molecule has 55 heavy (non-hydrogen) atoms. The summed E-state index contributed by atoms with van der Waals surface area (Å²) in [5.74, 6) is 0.867. The minimum absolute atomic E-state index is 0. The van der Waals surface area contributed by atoms with E-state index in [0.29, 0.717) is 48.4 Å². The Hall–Kier alpha value is -4.79. The Labute approximate surface area is 375 Å². The van der Waals surface area contributed by atoms with Gasteiger partial charge in [-0.25, -0.2) is 0 Å². The van der Waals surface area contributed by atoms with Crippen LogP contribution in [-0.4, -0.2) is 71.5 Å². The zero-order valence-electron chi connectivity index (χ0n) is 28.6. The van der Waals surface area contributed by atoms with Gasteiger partial charge in [-0.1, -0.05) is 48.5 Å². The number of phenolic OH excluding ortho intramolecular Hbond substituents is 4. The first-order valence-electron chi connectivity index (χ1n) is 13.6. The Morgan fingerprint density at radius 1 is 0.364 bits per heavy atom. The third-order valence-corrected chi connectivity index (χ3v) is 5.38. The molecule has 0 heterocycles. The zero-order valence-corrected chi connectivity index (χ0v) is 34.0. The third kappa shape index (κ3) is 33.5. The maximum atomic E-state index is 9.54. The van der Waals surface area contributed by atoms with Crippen LogP contribution in [0.4, 0.5) is 0 Å². The molecule has 0 bridgehead atoms. The van der Waals surface area contributed by atoms with Crippen LogP contribution in [0.3, 0.4) is 0 Å². The van der Waals surface area contributed by atoms with Crippen LogP contribution < -0.4 is 0 Å². The van der Waals surface area contributed by atoms with Gasteiger partial charge in [0.1, 0.15) is 23.0 Å². The van der Waals surface area contributed by atoms with Gasteiger partial charge in [0.15, 0.2) is 0 Å². The number of nitrogens with zero attached hydrogens (tertiary/aromatic N) is 8. The summed E-state index contributed by atoms with van der Waals surface area (Å²) in [7, 11) is 0. The number of nitrogens with two attached hydrogens (primary N) is 2. The zero-order chi connectivity index (χ0) is 36.4.